The van der Waals surface area contributed by atoms with E-state index in [0.29, 0.717) is 19.3 Å². The van der Waals surface area contributed by atoms with E-state index in [1.165, 1.54) is 96.3 Å². The lowest BCUT2D eigenvalue weighted by Crippen LogP contribution is -2.30. The largest absolute Gasteiger partial charge is 0.462 e. The maximum Gasteiger partial charge on any atom is 0.306 e. The van der Waals surface area contributed by atoms with Gasteiger partial charge in [0.2, 0.25) is 0 Å². The fourth-order valence-electron chi connectivity index (χ4n) is 7.66. The van der Waals surface area contributed by atoms with Crippen molar-refractivity contribution in [2.24, 2.45) is 0 Å². The Hall–Kier alpha value is -3.67. The predicted molar refractivity (Wildman–Crippen MR) is 293 cm³/mol. The minimum Gasteiger partial charge on any atom is -0.462 e. The van der Waals surface area contributed by atoms with Gasteiger partial charge in [-0.15, -0.1) is 0 Å². The van der Waals surface area contributed by atoms with Gasteiger partial charge in [0.15, 0.2) is 6.10 Å². The van der Waals surface area contributed by atoms with Crippen LogP contribution in [-0.4, -0.2) is 37.2 Å². The fourth-order valence-corrected chi connectivity index (χ4v) is 7.66. The minimum absolute atomic E-state index is 0.0875. The Bertz CT molecular complexity index is 1360. The van der Waals surface area contributed by atoms with Crippen LogP contribution in [0.5, 0.6) is 0 Å². The van der Waals surface area contributed by atoms with Crippen molar-refractivity contribution in [1.29, 1.82) is 0 Å². The zero-order chi connectivity index (χ0) is 49.3. The number of carbonyl (C=O) groups excluding carboxylic acids is 3. The summed E-state index contributed by atoms with van der Waals surface area (Å²) in [6.07, 6.45) is 74.0. The number of hydrogen-bond acceptors (Lipinski definition) is 6. The van der Waals surface area contributed by atoms with Crippen molar-refractivity contribution in [3.05, 3.63) is 97.2 Å². The molecule has 0 aromatic carbocycles. The lowest BCUT2D eigenvalue weighted by Gasteiger charge is -2.18. The van der Waals surface area contributed by atoms with Crippen LogP contribution in [0.2, 0.25) is 0 Å². The van der Waals surface area contributed by atoms with Gasteiger partial charge in [-0.1, -0.05) is 240 Å². The molecule has 1 atom stereocenters. The second-order valence-corrected chi connectivity index (χ2v) is 18.4. The van der Waals surface area contributed by atoms with Crippen molar-refractivity contribution in [3.8, 4) is 0 Å². The van der Waals surface area contributed by atoms with Gasteiger partial charge >= 0.3 is 17.9 Å². The molecule has 0 amide bonds. The summed E-state index contributed by atoms with van der Waals surface area (Å²) in [5, 5.41) is 0. The molecule has 0 bridgehead atoms. The first-order valence-electron chi connectivity index (χ1n) is 28.2. The minimum atomic E-state index is -0.791. The number of carbonyl (C=O) groups is 3. The van der Waals surface area contributed by atoms with Gasteiger partial charge in [0.1, 0.15) is 13.2 Å². The first-order chi connectivity index (χ1) is 33.5. The first-order valence-corrected chi connectivity index (χ1v) is 28.2. The number of allylic oxidation sites excluding steroid dienone is 16. The van der Waals surface area contributed by atoms with Crippen LogP contribution in [0.25, 0.3) is 0 Å². The van der Waals surface area contributed by atoms with Crippen LogP contribution < -0.4 is 0 Å². The lowest BCUT2D eigenvalue weighted by atomic mass is 10.1. The normalized spacial score (nSPS) is 12.8. The Balaban J connectivity index is 4.33. The molecule has 388 valence electrons. The maximum atomic E-state index is 12.8. The molecule has 0 spiro atoms. The van der Waals surface area contributed by atoms with Crippen molar-refractivity contribution in [3.63, 3.8) is 0 Å². The number of hydrogen-bond donors (Lipinski definition) is 0. The molecule has 6 nitrogen and oxygen atoms in total. The van der Waals surface area contributed by atoms with E-state index in [1.807, 2.05) is 0 Å². The van der Waals surface area contributed by atoms with Gasteiger partial charge in [0.25, 0.3) is 0 Å². The quantitative estimate of drug-likeness (QED) is 0.0262. The van der Waals surface area contributed by atoms with Crippen molar-refractivity contribution >= 4 is 17.9 Å². The highest BCUT2D eigenvalue weighted by Crippen LogP contribution is 2.15. The predicted octanol–water partition coefficient (Wildman–Crippen LogP) is 18.9. The zero-order valence-electron chi connectivity index (χ0n) is 44.3. The molecule has 0 radical (unpaired) electrons. The Morgan fingerprint density at radius 1 is 0.309 bits per heavy atom. The second-order valence-electron chi connectivity index (χ2n) is 18.4. The van der Waals surface area contributed by atoms with Crippen molar-refractivity contribution in [1.82, 2.24) is 0 Å². The van der Waals surface area contributed by atoms with Gasteiger partial charge < -0.3 is 14.2 Å². The Morgan fingerprint density at radius 3 is 0.897 bits per heavy atom. The third kappa shape index (κ3) is 53.3. The van der Waals surface area contributed by atoms with Crippen molar-refractivity contribution < 1.29 is 28.6 Å². The van der Waals surface area contributed by atoms with E-state index in [-0.39, 0.29) is 31.1 Å². The zero-order valence-corrected chi connectivity index (χ0v) is 44.3. The highest BCUT2D eigenvalue weighted by Gasteiger charge is 2.19. The number of ether oxygens (including phenoxy) is 3. The number of esters is 3. The third-order valence-corrected chi connectivity index (χ3v) is 11.8. The number of rotatable bonds is 50. The van der Waals surface area contributed by atoms with Crippen LogP contribution in [0.1, 0.15) is 258 Å². The summed E-state index contributed by atoms with van der Waals surface area (Å²) in [4.78, 5) is 38.1. The van der Waals surface area contributed by atoms with Crippen molar-refractivity contribution in [2.75, 3.05) is 13.2 Å². The summed E-state index contributed by atoms with van der Waals surface area (Å²) in [7, 11) is 0. The molecule has 1 unspecified atom stereocenters. The van der Waals surface area contributed by atoms with E-state index in [9.17, 15) is 14.4 Å². The topological polar surface area (TPSA) is 78.9 Å². The molecule has 0 aliphatic carbocycles. The first kappa shape index (κ1) is 64.3. The van der Waals surface area contributed by atoms with Crippen LogP contribution in [-0.2, 0) is 28.6 Å². The van der Waals surface area contributed by atoms with Crippen LogP contribution in [0.15, 0.2) is 97.2 Å². The maximum absolute atomic E-state index is 12.8. The van der Waals surface area contributed by atoms with Crippen molar-refractivity contribution in [2.45, 2.75) is 264 Å². The third-order valence-electron chi connectivity index (χ3n) is 11.8. The molecule has 0 fully saturated rings. The Kier molecular flexibility index (Phi) is 52.9. The number of unbranched alkanes of at least 4 members (excludes halogenated alkanes) is 23. The molecular weight excluding hydrogens is 841 g/mol. The highest BCUT2D eigenvalue weighted by molar-refractivity contribution is 5.71. The van der Waals surface area contributed by atoms with Crippen LogP contribution >= 0.6 is 0 Å². The summed E-state index contributed by atoms with van der Waals surface area (Å²) in [5.41, 5.74) is 0. The van der Waals surface area contributed by atoms with Crippen LogP contribution in [0.4, 0.5) is 0 Å². The average Bonchev–Trinajstić information content (AvgIpc) is 3.34. The molecular formula is C62H104O6. The Morgan fingerprint density at radius 2 is 0.574 bits per heavy atom. The van der Waals surface area contributed by atoms with E-state index >= 15 is 0 Å². The summed E-state index contributed by atoms with van der Waals surface area (Å²) in [6, 6.07) is 0. The van der Waals surface area contributed by atoms with Crippen LogP contribution in [0, 0.1) is 0 Å². The molecule has 0 aliphatic heterocycles. The SMILES string of the molecule is CC/C=C\C/C=C\C/C=C\C/C=C\CCCCCCCCCCCCC(=O)OCC(COC(=O)CCCCCCCCCCCC)OC(=O)CCCCCC/C=C\C/C=C\C/C=C\C/C=C\CC. The lowest BCUT2D eigenvalue weighted by molar-refractivity contribution is -0.167. The molecule has 68 heavy (non-hydrogen) atoms. The van der Waals surface area contributed by atoms with Gasteiger partial charge in [-0.2, -0.15) is 0 Å². The molecule has 0 saturated heterocycles. The van der Waals surface area contributed by atoms with Gasteiger partial charge in [-0.05, 0) is 96.3 Å². The van der Waals surface area contributed by atoms with E-state index in [4.69, 9.17) is 14.2 Å². The second kappa shape index (κ2) is 55.9. The fraction of sp³-hybridized carbons (Fsp3) is 0.694. The van der Waals surface area contributed by atoms with Gasteiger partial charge in [-0.3, -0.25) is 14.4 Å². The molecule has 0 saturated carbocycles. The monoisotopic (exact) mass is 945 g/mol. The molecule has 0 aromatic heterocycles. The van der Waals surface area contributed by atoms with Gasteiger partial charge in [-0.25, -0.2) is 0 Å². The van der Waals surface area contributed by atoms with E-state index in [0.717, 1.165) is 122 Å². The molecule has 0 rings (SSSR count). The van der Waals surface area contributed by atoms with Gasteiger partial charge in [0.05, 0.1) is 0 Å². The standard InChI is InChI=1S/C62H104O6/c1-4-7-10-13-16-19-22-24-26-28-29-30-31-32-33-35-36-38-40-43-46-49-52-55-61(64)67-58-59(57-66-60(63)54-51-48-45-42-21-18-15-12-9-6-3)68-62(65)56-53-50-47-44-41-39-37-34-27-25-23-20-17-14-11-8-5-2/h7-8,10-11,16-17,19-20,24-27,29-30,37,39,59H,4-6,9,12-15,18,21-23,28,31-36,38,40-58H2,1-3H3/b10-7-,11-8-,19-16-,20-17-,26-24-,27-25-,30-29-,39-37-. The average molecular weight is 946 g/mol. The summed E-state index contributed by atoms with van der Waals surface area (Å²) in [5.74, 6) is -0.915. The molecule has 0 heterocycles. The summed E-state index contributed by atoms with van der Waals surface area (Å²) < 4.78 is 16.8. The molecule has 0 N–H and O–H groups in total. The van der Waals surface area contributed by atoms with E-state index in [1.54, 1.807) is 0 Å². The molecule has 0 aliphatic rings. The van der Waals surface area contributed by atoms with Gasteiger partial charge in [0, 0.05) is 19.3 Å². The van der Waals surface area contributed by atoms with E-state index < -0.39 is 6.10 Å². The molecule has 0 aromatic rings. The highest BCUT2D eigenvalue weighted by atomic mass is 16.6. The summed E-state index contributed by atoms with van der Waals surface area (Å²) in [6.45, 7) is 6.38. The smallest absolute Gasteiger partial charge is 0.306 e. The van der Waals surface area contributed by atoms with Crippen LogP contribution in [0.3, 0.4) is 0 Å². The Labute approximate surface area is 419 Å². The molecule has 6 heteroatoms. The van der Waals surface area contributed by atoms with E-state index in [2.05, 4.69) is 118 Å². The summed E-state index contributed by atoms with van der Waals surface area (Å²) >= 11 is 0.